The fraction of sp³-hybridized carbons (Fsp3) is 0.286. The predicted molar refractivity (Wildman–Crippen MR) is 70.5 cm³/mol. The van der Waals surface area contributed by atoms with E-state index in [0.29, 0.717) is 11.4 Å². The fourth-order valence-corrected chi connectivity index (χ4v) is 1.65. The summed E-state index contributed by atoms with van der Waals surface area (Å²) in [5.74, 6) is 0.346. The number of rotatable bonds is 4. The number of oxazole rings is 1. The molecule has 0 aliphatic rings. The van der Waals surface area contributed by atoms with E-state index in [1.807, 2.05) is 0 Å². The highest BCUT2D eigenvalue weighted by atomic mass is 16.3. The number of hydrogen-bond donors (Lipinski definition) is 2. The molecule has 2 N–H and O–H groups in total. The zero-order chi connectivity index (χ0) is 13.9. The van der Waals surface area contributed by atoms with Crippen LogP contribution in [0.25, 0.3) is 0 Å². The summed E-state index contributed by atoms with van der Waals surface area (Å²) >= 11 is 0. The summed E-state index contributed by atoms with van der Waals surface area (Å²) in [5, 5.41) is 12.6. The van der Waals surface area contributed by atoms with Crippen molar-refractivity contribution in [1.82, 2.24) is 4.98 Å². The molecule has 2 rings (SSSR count). The van der Waals surface area contributed by atoms with Gasteiger partial charge in [0.1, 0.15) is 5.76 Å². The highest BCUT2D eigenvalue weighted by Gasteiger charge is 2.15. The van der Waals surface area contributed by atoms with E-state index in [0.717, 1.165) is 5.56 Å². The van der Waals surface area contributed by atoms with Crippen LogP contribution in [0.1, 0.15) is 25.2 Å². The summed E-state index contributed by atoms with van der Waals surface area (Å²) in [4.78, 5) is 15.5. The average molecular weight is 260 g/mol. The maximum atomic E-state index is 11.7. The number of aromatic nitrogens is 1. The number of carbonyl (C=O) groups excluding carboxylic acids is 1. The van der Waals surface area contributed by atoms with Crippen LogP contribution in [-0.4, -0.2) is 16.0 Å². The molecule has 0 saturated heterocycles. The molecule has 5 nitrogen and oxygen atoms in total. The predicted octanol–water partition coefficient (Wildman–Crippen LogP) is 2.08. The molecule has 5 heteroatoms. The maximum absolute atomic E-state index is 11.7. The van der Waals surface area contributed by atoms with Crippen LogP contribution in [0.3, 0.4) is 0 Å². The van der Waals surface area contributed by atoms with E-state index < -0.39 is 5.60 Å². The first kappa shape index (κ1) is 13.3. The first-order chi connectivity index (χ1) is 8.95. The third-order valence-corrected chi connectivity index (χ3v) is 2.69. The quantitative estimate of drug-likeness (QED) is 0.882. The molecule has 0 aliphatic carbocycles. The van der Waals surface area contributed by atoms with Gasteiger partial charge in [-0.15, -0.1) is 0 Å². The molecule has 0 aliphatic heterocycles. The molecule has 0 bridgehead atoms. The minimum Gasteiger partial charge on any atom is -0.448 e. The molecule has 0 spiro atoms. The smallest absolute Gasteiger partial charge is 0.232 e. The number of aliphatic hydroxyl groups is 1. The van der Waals surface area contributed by atoms with Crippen LogP contribution in [0.2, 0.25) is 0 Å². The molecule has 0 fully saturated rings. The van der Waals surface area contributed by atoms with E-state index in [1.165, 1.54) is 12.6 Å². The average Bonchev–Trinajstić information content (AvgIpc) is 2.81. The minimum absolute atomic E-state index is 0.146. The molecule has 0 radical (unpaired) electrons. The molecule has 19 heavy (non-hydrogen) atoms. The Morgan fingerprint density at radius 3 is 2.58 bits per heavy atom. The van der Waals surface area contributed by atoms with Gasteiger partial charge in [-0.05, 0) is 31.5 Å². The normalized spacial score (nSPS) is 11.3. The van der Waals surface area contributed by atoms with Gasteiger partial charge in [-0.1, -0.05) is 12.1 Å². The van der Waals surface area contributed by atoms with Crippen LogP contribution < -0.4 is 5.32 Å². The maximum Gasteiger partial charge on any atom is 0.232 e. The minimum atomic E-state index is -0.887. The molecule has 1 heterocycles. The molecule has 1 amide bonds. The standard InChI is InChI=1S/C14H16N2O3/c1-14(2,18)10-3-5-11(6-4-10)16-13(17)7-12-8-15-9-19-12/h3-6,8-9,18H,7H2,1-2H3,(H,16,17). The highest BCUT2D eigenvalue weighted by molar-refractivity contribution is 5.91. The van der Waals surface area contributed by atoms with Gasteiger partial charge in [-0.2, -0.15) is 0 Å². The second-order valence-electron chi connectivity index (χ2n) is 4.83. The van der Waals surface area contributed by atoms with E-state index in [2.05, 4.69) is 10.3 Å². The van der Waals surface area contributed by atoms with Gasteiger partial charge in [0.15, 0.2) is 6.39 Å². The van der Waals surface area contributed by atoms with E-state index in [4.69, 9.17) is 4.42 Å². The molecule has 0 atom stereocenters. The van der Waals surface area contributed by atoms with Gasteiger partial charge in [-0.25, -0.2) is 4.98 Å². The topological polar surface area (TPSA) is 75.4 Å². The lowest BCUT2D eigenvalue weighted by molar-refractivity contribution is -0.115. The van der Waals surface area contributed by atoms with Gasteiger partial charge in [0.25, 0.3) is 0 Å². The molecule has 1 aromatic carbocycles. The summed E-state index contributed by atoms with van der Waals surface area (Å²) in [6, 6.07) is 7.07. The van der Waals surface area contributed by atoms with Crippen LogP contribution in [0.15, 0.2) is 41.3 Å². The van der Waals surface area contributed by atoms with Gasteiger partial charge in [0.2, 0.25) is 5.91 Å². The molecular weight excluding hydrogens is 244 g/mol. The Bertz CT molecular complexity index is 539. The fourth-order valence-electron chi connectivity index (χ4n) is 1.65. The number of amides is 1. The monoisotopic (exact) mass is 260 g/mol. The van der Waals surface area contributed by atoms with Crippen molar-refractivity contribution in [2.45, 2.75) is 25.9 Å². The number of anilines is 1. The van der Waals surface area contributed by atoms with Gasteiger partial charge < -0.3 is 14.8 Å². The van der Waals surface area contributed by atoms with Gasteiger partial charge in [0, 0.05) is 5.69 Å². The van der Waals surface area contributed by atoms with Crippen molar-refractivity contribution in [1.29, 1.82) is 0 Å². The first-order valence-corrected chi connectivity index (χ1v) is 5.95. The van der Waals surface area contributed by atoms with Crippen molar-refractivity contribution in [2.75, 3.05) is 5.32 Å². The van der Waals surface area contributed by atoms with E-state index >= 15 is 0 Å². The second kappa shape index (κ2) is 5.24. The molecule has 0 unspecified atom stereocenters. The molecular formula is C14H16N2O3. The number of carbonyl (C=O) groups is 1. The number of nitrogens with one attached hydrogen (secondary N) is 1. The van der Waals surface area contributed by atoms with Crippen LogP contribution in [0.4, 0.5) is 5.69 Å². The van der Waals surface area contributed by atoms with Gasteiger partial charge in [0.05, 0.1) is 18.2 Å². The molecule has 1 aromatic heterocycles. The Balaban J connectivity index is 1.98. The number of benzene rings is 1. The Kier molecular flexibility index (Phi) is 3.66. The highest BCUT2D eigenvalue weighted by Crippen LogP contribution is 2.21. The van der Waals surface area contributed by atoms with Crippen molar-refractivity contribution in [3.8, 4) is 0 Å². The van der Waals surface area contributed by atoms with Crippen molar-refractivity contribution < 1.29 is 14.3 Å². The van der Waals surface area contributed by atoms with Crippen molar-refractivity contribution in [2.24, 2.45) is 0 Å². The summed E-state index contributed by atoms with van der Waals surface area (Å²) in [6.07, 6.45) is 2.95. The number of hydrogen-bond acceptors (Lipinski definition) is 4. The van der Waals surface area contributed by atoms with Crippen molar-refractivity contribution in [3.63, 3.8) is 0 Å². The van der Waals surface area contributed by atoms with E-state index in [9.17, 15) is 9.90 Å². The summed E-state index contributed by atoms with van der Waals surface area (Å²) in [6.45, 7) is 3.43. The van der Waals surface area contributed by atoms with Crippen LogP contribution in [0, 0.1) is 0 Å². The summed E-state index contributed by atoms with van der Waals surface area (Å²) < 4.78 is 5.00. The van der Waals surface area contributed by atoms with Crippen LogP contribution >= 0.6 is 0 Å². The lowest BCUT2D eigenvalue weighted by Gasteiger charge is -2.17. The van der Waals surface area contributed by atoms with E-state index in [1.54, 1.807) is 38.1 Å². The van der Waals surface area contributed by atoms with Gasteiger partial charge in [-0.3, -0.25) is 4.79 Å². The number of nitrogens with zero attached hydrogens (tertiary/aromatic N) is 1. The van der Waals surface area contributed by atoms with Gasteiger partial charge >= 0.3 is 0 Å². The third-order valence-electron chi connectivity index (χ3n) is 2.69. The molecule has 2 aromatic rings. The van der Waals surface area contributed by atoms with E-state index in [-0.39, 0.29) is 12.3 Å². The first-order valence-electron chi connectivity index (χ1n) is 5.95. The second-order valence-corrected chi connectivity index (χ2v) is 4.83. The van der Waals surface area contributed by atoms with Crippen molar-refractivity contribution in [3.05, 3.63) is 48.2 Å². The van der Waals surface area contributed by atoms with Crippen molar-refractivity contribution >= 4 is 11.6 Å². The Morgan fingerprint density at radius 1 is 1.37 bits per heavy atom. The third kappa shape index (κ3) is 3.66. The largest absolute Gasteiger partial charge is 0.448 e. The zero-order valence-electron chi connectivity index (χ0n) is 10.9. The van der Waals surface area contributed by atoms with Crippen LogP contribution in [0.5, 0.6) is 0 Å². The Morgan fingerprint density at radius 2 is 2.05 bits per heavy atom. The molecule has 100 valence electrons. The SMILES string of the molecule is CC(C)(O)c1ccc(NC(=O)Cc2cnco2)cc1. The summed E-state index contributed by atoms with van der Waals surface area (Å²) in [7, 11) is 0. The lowest BCUT2D eigenvalue weighted by atomic mass is 9.98. The summed E-state index contributed by atoms with van der Waals surface area (Å²) in [5.41, 5.74) is 0.584. The zero-order valence-corrected chi connectivity index (χ0v) is 10.9. The Labute approximate surface area is 111 Å². The van der Waals surface area contributed by atoms with Crippen LogP contribution in [-0.2, 0) is 16.8 Å². The lowest BCUT2D eigenvalue weighted by Crippen LogP contribution is -2.16. The molecule has 0 saturated carbocycles. The Hall–Kier alpha value is -2.14.